The maximum absolute atomic E-state index is 6.80. The van der Waals surface area contributed by atoms with E-state index in [0.29, 0.717) is 0 Å². The maximum atomic E-state index is 6.80. The van der Waals surface area contributed by atoms with Gasteiger partial charge in [0.25, 0.3) is 0 Å². The number of ether oxygens (including phenoxy) is 2. The Balaban J connectivity index is 0.00000410. The maximum Gasteiger partial charge on any atom is 2.00 e. The molecule has 0 unspecified atom stereocenters. The van der Waals surface area contributed by atoms with Crippen molar-refractivity contribution < 1.29 is 30.5 Å². The van der Waals surface area contributed by atoms with Gasteiger partial charge in [0, 0.05) is 28.8 Å². The number of nitrogens with zero attached hydrogens (tertiary/aromatic N) is 3. The average Bonchev–Trinajstić information content (AvgIpc) is 3.56. The van der Waals surface area contributed by atoms with Gasteiger partial charge in [-0.15, -0.1) is 58.5 Å². The molecule has 2 aliphatic heterocycles. The second-order valence-corrected chi connectivity index (χ2v) is 15.9. The minimum atomic E-state index is -0.240. The van der Waals surface area contributed by atoms with Gasteiger partial charge in [0.05, 0.1) is 16.9 Å². The van der Waals surface area contributed by atoms with Crippen molar-refractivity contribution >= 4 is 34.1 Å². The van der Waals surface area contributed by atoms with Gasteiger partial charge in [0.15, 0.2) is 0 Å². The van der Waals surface area contributed by atoms with E-state index in [1.165, 1.54) is 16.7 Å². The molecule has 8 aromatic rings. The van der Waals surface area contributed by atoms with E-state index in [1.54, 1.807) is 0 Å². The topological polar surface area (TPSA) is 49.2 Å². The summed E-state index contributed by atoms with van der Waals surface area (Å²) in [5.41, 5.74) is 15.5. The Bertz CT molecular complexity index is 2800. The zero-order valence-corrected chi connectivity index (χ0v) is 34.4. The van der Waals surface area contributed by atoms with Crippen LogP contribution in [0.3, 0.4) is 0 Å². The van der Waals surface area contributed by atoms with Crippen LogP contribution in [0.25, 0.3) is 50.5 Å². The molecule has 4 heterocycles. The van der Waals surface area contributed by atoms with Crippen molar-refractivity contribution in [3.8, 4) is 62.5 Å². The molecule has 56 heavy (non-hydrogen) atoms. The molecule has 0 amide bonds. The molecular weight excluding hydrogens is 868 g/mol. The third kappa shape index (κ3) is 5.90. The molecule has 0 fully saturated rings. The van der Waals surface area contributed by atoms with E-state index < -0.39 is 0 Å². The van der Waals surface area contributed by atoms with Gasteiger partial charge in [-0.1, -0.05) is 93.1 Å². The Morgan fingerprint density at radius 1 is 0.643 bits per heavy atom. The van der Waals surface area contributed by atoms with E-state index in [-0.39, 0.29) is 33.2 Å². The Morgan fingerprint density at radius 3 is 1.91 bits per heavy atom. The van der Waals surface area contributed by atoms with Crippen molar-refractivity contribution in [2.45, 2.75) is 47.0 Å². The summed E-state index contributed by atoms with van der Waals surface area (Å²) in [6.45, 7) is 12.9. The molecule has 0 saturated heterocycles. The second-order valence-electron chi connectivity index (χ2n) is 15.9. The minimum Gasteiger partial charge on any atom is -0.503 e. The number of imidazole rings is 1. The molecule has 10 rings (SSSR count). The van der Waals surface area contributed by atoms with Crippen LogP contribution >= 0.6 is 0 Å². The van der Waals surface area contributed by atoms with Crippen LogP contribution < -0.4 is 25.9 Å². The van der Waals surface area contributed by atoms with Crippen LogP contribution in [0.4, 0.5) is 0 Å². The van der Waals surface area contributed by atoms with Gasteiger partial charge in [-0.25, -0.2) is 0 Å². The molecule has 5 nitrogen and oxygen atoms in total. The van der Waals surface area contributed by atoms with Crippen molar-refractivity contribution in [2.24, 2.45) is 0 Å². The number of aromatic nitrogens is 3. The number of hydrogen-bond acceptors (Lipinski definition) is 4. The SMILES string of the molecule is Cc1cc(C)c(-n2c(-c3[c-]c4c(cc3)Oc3cc(C(C)(C)C)cc5c3B4c3[c-]c(-c4ccc(-c6ccccc6)cn4)ccc3O5)nc3ccccc32)c(C)c1.[Pt+2]. The van der Waals surface area contributed by atoms with Gasteiger partial charge < -0.3 is 19.0 Å². The first-order valence-electron chi connectivity index (χ1n) is 18.9. The summed E-state index contributed by atoms with van der Waals surface area (Å²) in [7, 11) is 0. The number of hydrogen-bond donors (Lipinski definition) is 0. The number of fused-ring (bicyclic) bond motifs is 5. The van der Waals surface area contributed by atoms with Crippen LogP contribution in [-0.4, -0.2) is 21.2 Å². The summed E-state index contributed by atoms with van der Waals surface area (Å²) in [6.07, 6.45) is 1.93. The molecule has 0 saturated carbocycles. The van der Waals surface area contributed by atoms with Gasteiger partial charge in [0.2, 0.25) is 6.71 Å². The third-order valence-corrected chi connectivity index (χ3v) is 11.0. The average molecular weight is 907 g/mol. The van der Waals surface area contributed by atoms with Crippen molar-refractivity contribution in [2.75, 3.05) is 0 Å². The summed E-state index contributed by atoms with van der Waals surface area (Å²) >= 11 is 0. The van der Waals surface area contributed by atoms with E-state index >= 15 is 0 Å². The molecule has 0 N–H and O–H groups in total. The minimum absolute atomic E-state index is 0. The van der Waals surface area contributed by atoms with Crippen molar-refractivity contribution in [1.82, 2.24) is 14.5 Å². The number of aryl methyl sites for hydroxylation is 3. The Labute approximate surface area is 342 Å². The fraction of sp³-hybridized carbons (Fsp3) is 0.143. The van der Waals surface area contributed by atoms with Crippen molar-refractivity contribution in [3.63, 3.8) is 0 Å². The van der Waals surface area contributed by atoms with Crippen LogP contribution in [0.15, 0.2) is 121 Å². The van der Waals surface area contributed by atoms with Crippen LogP contribution in [0, 0.1) is 32.9 Å². The summed E-state index contributed by atoms with van der Waals surface area (Å²) < 4.78 is 15.8. The largest absolute Gasteiger partial charge is 2.00 e. The summed E-state index contributed by atoms with van der Waals surface area (Å²) in [5.74, 6) is 3.97. The summed E-state index contributed by atoms with van der Waals surface area (Å²) in [6, 6.07) is 47.6. The van der Waals surface area contributed by atoms with Crippen LogP contribution in [0.2, 0.25) is 0 Å². The second kappa shape index (κ2) is 13.5. The smallest absolute Gasteiger partial charge is 0.503 e. The van der Waals surface area contributed by atoms with Gasteiger partial charge in [-0.3, -0.25) is 4.98 Å². The van der Waals surface area contributed by atoms with Gasteiger partial charge in [0.1, 0.15) is 11.5 Å². The number of pyridine rings is 1. The first-order valence-corrected chi connectivity index (χ1v) is 18.9. The molecule has 0 atom stereocenters. The molecule has 0 bridgehead atoms. The molecular formula is C49H38BN3O2Pt. The molecule has 6 aromatic carbocycles. The molecule has 0 radical (unpaired) electrons. The standard InChI is InChI=1S/C49H38BN3O2.Pt/c1-29-22-30(2)47(31(3)23-29)53-41-15-11-10-14-40(41)52-48(53)34-18-21-43-38(25-34)50-37-24-33(39-19-16-35(28-51-39)32-12-8-7-9-13-32)17-20-42(37)54-44-26-36(49(4,5)6)27-45(55-43)46(44)50;/h7-23,26-28H,1-6H3;/q-2;+2. The molecule has 274 valence electrons. The number of para-hydroxylation sites is 2. The summed E-state index contributed by atoms with van der Waals surface area (Å²) in [5, 5.41) is 0. The van der Waals surface area contributed by atoms with E-state index in [1.807, 2.05) is 30.5 Å². The van der Waals surface area contributed by atoms with E-state index in [0.717, 1.165) is 95.4 Å². The van der Waals surface area contributed by atoms with Crippen LogP contribution in [0.5, 0.6) is 23.0 Å². The first kappa shape index (κ1) is 36.0. The molecule has 0 aliphatic carbocycles. The molecule has 2 aliphatic rings. The number of rotatable bonds is 4. The monoisotopic (exact) mass is 906 g/mol. The fourth-order valence-electron chi connectivity index (χ4n) is 8.35. The fourth-order valence-corrected chi connectivity index (χ4v) is 8.35. The van der Waals surface area contributed by atoms with E-state index in [9.17, 15) is 0 Å². The third-order valence-electron chi connectivity index (χ3n) is 11.0. The predicted octanol–water partition coefficient (Wildman–Crippen LogP) is 9.97. The summed E-state index contributed by atoms with van der Waals surface area (Å²) in [4.78, 5) is 10.2. The molecule has 2 aromatic heterocycles. The van der Waals surface area contributed by atoms with E-state index in [4.69, 9.17) is 19.4 Å². The van der Waals surface area contributed by atoms with Crippen LogP contribution in [0.1, 0.15) is 43.0 Å². The quantitative estimate of drug-likeness (QED) is 0.130. The van der Waals surface area contributed by atoms with Crippen LogP contribution in [-0.2, 0) is 26.5 Å². The van der Waals surface area contributed by atoms with Crippen molar-refractivity contribution in [3.05, 3.63) is 156 Å². The number of benzene rings is 6. The Kier molecular flexibility index (Phi) is 8.67. The Hall–Kier alpha value is -5.71. The molecule has 7 heteroatoms. The van der Waals surface area contributed by atoms with Gasteiger partial charge in [-0.05, 0) is 84.0 Å². The molecule has 0 spiro atoms. The first-order chi connectivity index (χ1) is 26.6. The zero-order chi connectivity index (χ0) is 37.6. The van der Waals surface area contributed by atoms with E-state index in [2.05, 4.69) is 149 Å². The van der Waals surface area contributed by atoms with Gasteiger partial charge >= 0.3 is 21.1 Å². The zero-order valence-electron chi connectivity index (χ0n) is 32.1. The predicted molar refractivity (Wildman–Crippen MR) is 223 cm³/mol. The van der Waals surface area contributed by atoms with Gasteiger partial charge in [-0.2, -0.15) is 0 Å². The Morgan fingerprint density at radius 2 is 1.27 bits per heavy atom. The normalized spacial score (nSPS) is 12.6. The van der Waals surface area contributed by atoms with Crippen molar-refractivity contribution in [1.29, 1.82) is 0 Å².